The van der Waals surface area contributed by atoms with Gasteiger partial charge in [-0.2, -0.15) is 22.0 Å². The van der Waals surface area contributed by atoms with Crippen molar-refractivity contribution in [1.82, 2.24) is 0 Å². The zero-order chi connectivity index (χ0) is 9.23. The monoisotopic (exact) mass is 182 g/mol. The molecule has 0 aromatic rings. The van der Waals surface area contributed by atoms with Gasteiger partial charge in [-0.25, -0.2) is 8.78 Å². The largest absolute Gasteiger partial charge is 0.363 e. The van der Waals surface area contributed by atoms with Crippen molar-refractivity contribution in [1.29, 1.82) is 0 Å². The molecule has 0 aliphatic rings. The van der Waals surface area contributed by atoms with Crippen molar-refractivity contribution in [2.75, 3.05) is 0 Å². The Labute approximate surface area is 56.3 Å². The fourth-order valence-electron chi connectivity index (χ4n) is 0.222. The minimum absolute atomic E-state index is 3.38. The van der Waals surface area contributed by atoms with E-state index in [2.05, 4.69) is 0 Å². The molecule has 0 aliphatic heterocycles. The van der Waals surface area contributed by atoms with Gasteiger partial charge in [0.2, 0.25) is 5.83 Å². The number of allylic oxidation sites excluding steroid dienone is 1. The summed E-state index contributed by atoms with van der Waals surface area (Å²) >= 11 is 0. The minimum Gasteiger partial charge on any atom is -0.203 e. The first-order valence-corrected chi connectivity index (χ1v) is 2.17. The number of alkyl halides is 4. The highest BCUT2D eigenvalue weighted by atomic mass is 19.3. The molecule has 0 aromatic carbocycles. The minimum atomic E-state index is -5.39. The summed E-state index contributed by atoms with van der Waals surface area (Å²) < 4.78 is 78.6. The Hall–Kier alpha value is -0.750. The van der Waals surface area contributed by atoms with E-state index < -0.39 is 24.3 Å². The van der Waals surface area contributed by atoms with Crippen molar-refractivity contribution in [2.24, 2.45) is 0 Å². The fraction of sp³-hybridized carbons (Fsp3) is 0.500. The van der Waals surface area contributed by atoms with Gasteiger partial charge >= 0.3 is 18.4 Å². The molecule has 0 spiro atoms. The summed E-state index contributed by atoms with van der Waals surface area (Å²) in [5, 5.41) is 0. The lowest BCUT2D eigenvalue weighted by molar-refractivity contribution is -0.115. The highest BCUT2D eigenvalue weighted by Crippen LogP contribution is 2.34. The van der Waals surface area contributed by atoms with Gasteiger partial charge in [0.1, 0.15) is 0 Å². The molecule has 0 aliphatic carbocycles. The van der Waals surface area contributed by atoms with Gasteiger partial charge in [0.25, 0.3) is 0 Å². The van der Waals surface area contributed by atoms with Crippen molar-refractivity contribution in [3.05, 3.63) is 11.9 Å². The lowest BCUT2D eigenvalue weighted by Gasteiger charge is -2.10. The van der Waals surface area contributed by atoms with Crippen LogP contribution in [0.2, 0.25) is 0 Å². The Morgan fingerprint density at radius 1 is 1.00 bits per heavy atom. The molecule has 0 heterocycles. The number of rotatable bonds is 2. The summed E-state index contributed by atoms with van der Waals surface area (Å²) in [6.07, 6.45) is -7.90. The highest BCUT2D eigenvalue weighted by Gasteiger charge is 2.48. The van der Waals surface area contributed by atoms with Crippen LogP contribution in [-0.2, 0) is 0 Å². The summed E-state index contributed by atoms with van der Waals surface area (Å²) in [7, 11) is 0. The maximum Gasteiger partial charge on any atom is 0.363 e. The van der Waals surface area contributed by atoms with E-state index in [0.717, 1.165) is 0 Å². The first-order valence-electron chi connectivity index (χ1n) is 2.17. The first-order chi connectivity index (χ1) is 4.80. The van der Waals surface area contributed by atoms with Gasteiger partial charge in [-0.3, -0.25) is 0 Å². The third-order valence-corrected chi connectivity index (χ3v) is 0.733. The van der Waals surface area contributed by atoms with E-state index in [9.17, 15) is 30.7 Å². The van der Waals surface area contributed by atoms with Crippen LogP contribution in [0.3, 0.4) is 0 Å². The van der Waals surface area contributed by atoms with E-state index in [-0.39, 0.29) is 0 Å². The van der Waals surface area contributed by atoms with Crippen LogP contribution >= 0.6 is 0 Å². The molecule has 0 amide bonds. The van der Waals surface area contributed by atoms with Crippen LogP contribution in [0.5, 0.6) is 0 Å². The lowest BCUT2D eigenvalue weighted by atomic mass is 10.3. The quantitative estimate of drug-likeness (QED) is 0.576. The van der Waals surface area contributed by atoms with E-state index in [1.807, 2.05) is 0 Å². The maximum absolute atomic E-state index is 11.5. The van der Waals surface area contributed by atoms with Crippen LogP contribution in [0.15, 0.2) is 11.9 Å². The molecule has 0 N–H and O–H groups in total. The molecule has 0 rings (SSSR count). The number of hydrogen-bond acceptors (Lipinski definition) is 0. The van der Waals surface area contributed by atoms with E-state index in [4.69, 9.17) is 0 Å². The fourth-order valence-corrected chi connectivity index (χ4v) is 0.222. The Morgan fingerprint density at radius 3 is 1.45 bits per heavy atom. The van der Waals surface area contributed by atoms with Gasteiger partial charge in [-0.05, 0) is 0 Å². The predicted molar refractivity (Wildman–Crippen MR) is 21.3 cm³/mol. The average Bonchev–Trinajstić information content (AvgIpc) is 1.85. The third-order valence-electron chi connectivity index (χ3n) is 0.733. The number of halogens is 7. The van der Waals surface area contributed by atoms with Gasteiger partial charge in [0.15, 0.2) is 0 Å². The van der Waals surface area contributed by atoms with Crippen molar-refractivity contribution in [2.45, 2.75) is 12.3 Å². The van der Waals surface area contributed by atoms with Crippen molar-refractivity contribution in [3.63, 3.8) is 0 Å². The average molecular weight is 182 g/mol. The van der Waals surface area contributed by atoms with Gasteiger partial charge in [-0.1, -0.05) is 0 Å². The van der Waals surface area contributed by atoms with Crippen LogP contribution in [0.4, 0.5) is 30.7 Å². The second kappa shape index (κ2) is 3.10. The topological polar surface area (TPSA) is 0 Å². The molecule has 0 atom stereocenters. The molecule has 0 bridgehead atoms. The lowest BCUT2D eigenvalue weighted by Crippen LogP contribution is -2.27. The Bertz CT molecular complexity index is 165. The zero-order valence-electron chi connectivity index (χ0n) is 4.72. The van der Waals surface area contributed by atoms with Crippen LogP contribution in [0, 0.1) is 0 Å². The third kappa shape index (κ3) is 2.09. The summed E-state index contributed by atoms with van der Waals surface area (Å²) in [6.45, 7) is 0. The molecule has 0 fully saturated rings. The van der Waals surface area contributed by atoms with Crippen molar-refractivity contribution >= 4 is 0 Å². The van der Waals surface area contributed by atoms with Crippen LogP contribution in [0.1, 0.15) is 0 Å². The Morgan fingerprint density at radius 2 is 1.36 bits per heavy atom. The normalized spacial score (nSPS) is 12.0. The second-order valence-electron chi connectivity index (χ2n) is 1.50. The molecule has 0 unspecified atom stereocenters. The van der Waals surface area contributed by atoms with Gasteiger partial charge in [0, 0.05) is 0 Å². The summed E-state index contributed by atoms with van der Waals surface area (Å²) in [6, 6.07) is 0. The zero-order valence-corrected chi connectivity index (χ0v) is 4.72. The SMILES string of the molecule is FC(F)=C(F)C(F)(F)C(F)F. The van der Waals surface area contributed by atoms with E-state index >= 15 is 0 Å². The van der Waals surface area contributed by atoms with Crippen LogP contribution < -0.4 is 0 Å². The Balaban J connectivity index is 4.70. The van der Waals surface area contributed by atoms with Gasteiger partial charge in [-0.15, -0.1) is 0 Å². The molecular weight excluding hydrogens is 181 g/mol. The smallest absolute Gasteiger partial charge is 0.203 e. The van der Waals surface area contributed by atoms with Crippen molar-refractivity contribution in [3.8, 4) is 0 Å². The molecule has 0 nitrogen and oxygen atoms in total. The first kappa shape index (κ1) is 10.2. The molecule has 0 saturated heterocycles. The summed E-state index contributed by atoms with van der Waals surface area (Å²) in [5.74, 6) is -8.77. The van der Waals surface area contributed by atoms with E-state index in [0.29, 0.717) is 0 Å². The molecular formula is C4HF7. The molecule has 0 saturated carbocycles. The standard InChI is InChI=1S/C4HF7/c5-1(2(6)7)4(10,11)3(8)9/h3H. The van der Waals surface area contributed by atoms with Crippen LogP contribution in [-0.4, -0.2) is 12.3 Å². The van der Waals surface area contributed by atoms with Crippen LogP contribution in [0.25, 0.3) is 0 Å². The molecule has 0 aromatic heterocycles. The molecule has 11 heavy (non-hydrogen) atoms. The molecule has 7 heteroatoms. The highest BCUT2D eigenvalue weighted by molar-refractivity contribution is 5.05. The van der Waals surface area contributed by atoms with Crippen molar-refractivity contribution < 1.29 is 30.7 Å². The molecule has 66 valence electrons. The second-order valence-corrected chi connectivity index (χ2v) is 1.50. The summed E-state index contributed by atoms with van der Waals surface area (Å²) in [5.41, 5.74) is 0. The molecule has 0 radical (unpaired) electrons. The number of hydrogen-bond donors (Lipinski definition) is 0. The van der Waals surface area contributed by atoms with E-state index in [1.165, 1.54) is 0 Å². The van der Waals surface area contributed by atoms with Gasteiger partial charge in [0.05, 0.1) is 0 Å². The Kier molecular flexibility index (Phi) is 2.89. The van der Waals surface area contributed by atoms with E-state index in [1.54, 1.807) is 0 Å². The van der Waals surface area contributed by atoms with Gasteiger partial charge < -0.3 is 0 Å². The maximum atomic E-state index is 11.5. The predicted octanol–water partition coefficient (Wildman–Crippen LogP) is 2.96. The summed E-state index contributed by atoms with van der Waals surface area (Å²) in [4.78, 5) is 0.